The zero-order valence-corrected chi connectivity index (χ0v) is 10.2. The molecule has 0 amide bonds. The molecule has 1 aromatic carbocycles. The van der Waals surface area contributed by atoms with Gasteiger partial charge in [0, 0.05) is 20.9 Å². The maximum atomic E-state index is 13.0. The van der Waals surface area contributed by atoms with Crippen LogP contribution in [-0.2, 0) is 0 Å². The van der Waals surface area contributed by atoms with Gasteiger partial charge in [0.25, 0.3) is 0 Å². The van der Waals surface area contributed by atoms with Crippen LogP contribution in [-0.4, -0.2) is 5.78 Å². The Kier molecular flexibility index (Phi) is 3.07. The van der Waals surface area contributed by atoms with Crippen LogP contribution in [0.3, 0.4) is 0 Å². The molecule has 4 heteroatoms. The number of carbonyl (C=O) groups excluding carboxylic acids is 1. The molecule has 0 atom stereocenters. The number of carbonyl (C=O) groups is 1. The molecule has 0 N–H and O–H groups in total. The van der Waals surface area contributed by atoms with Crippen molar-refractivity contribution < 1.29 is 13.6 Å². The smallest absolute Gasteiger partial charge is 0.194 e. The van der Waals surface area contributed by atoms with E-state index < -0.39 is 11.6 Å². The minimum absolute atomic E-state index is 0.171. The first-order valence-corrected chi connectivity index (χ1v) is 5.87. The monoisotopic (exact) mass is 252 g/mol. The predicted octanol–water partition coefficient (Wildman–Crippen LogP) is 3.87. The van der Waals surface area contributed by atoms with E-state index >= 15 is 0 Å². The number of benzene rings is 1. The number of aryl methyl sites for hydroxylation is 2. The molecule has 0 bridgehead atoms. The van der Waals surface area contributed by atoms with E-state index in [2.05, 4.69) is 0 Å². The van der Waals surface area contributed by atoms with Crippen molar-refractivity contribution in [3.8, 4) is 0 Å². The third-order valence-corrected chi connectivity index (χ3v) is 3.43. The molecule has 17 heavy (non-hydrogen) atoms. The van der Waals surface area contributed by atoms with Gasteiger partial charge in [-0.05, 0) is 38.1 Å². The molecule has 2 aromatic rings. The second-order valence-corrected chi connectivity index (χ2v) is 5.25. The van der Waals surface area contributed by atoms with Gasteiger partial charge in [-0.3, -0.25) is 4.79 Å². The predicted molar refractivity (Wildman–Crippen MR) is 63.6 cm³/mol. The van der Waals surface area contributed by atoms with Gasteiger partial charge < -0.3 is 0 Å². The molecule has 1 nitrogen and oxygen atoms in total. The van der Waals surface area contributed by atoms with E-state index in [4.69, 9.17) is 0 Å². The van der Waals surface area contributed by atoms with Gasteiger partial charge in [-0.25, -0.2) is 8.78 Å². The Morgan fingerprint density at radius 1 is 1.12 bits per heavy atom. The standard InChI is InChI=1S/C13H10F2OS/c1-7-5-10(8(2)17-7)13(16)9-3-4-11(14)12(15)6-9/h3-6H,1-2H3. The molecular formula is C13H10F2OS. The summed E-state index contributed by atoms with van der Waals surface area (Å²) in [7, 11) is 0. The first-order chi connectivity index (χ1) is 7.99. The van der Waals surface area contributed by atoms with Crippen LogP contribution in [0, 0.1) is 25.5 Å². The van der Waals surface area contributed by atoms with E-state index in [-0.39, 0.29) is 11.3 Å². The van der Waals surface area contributed by atoms with Crippen LogP contribution in [0.5, 0.6) is 0 Å². The van der Waals surface area contributed by atoms with Gasteiger partial charge >= 0.3 is 0 Å². The maximum absolute atomic E-state index is 13.0. The quantitative estimate of drug-likeness (QED) is 0.741. The normalized spacial score (nSPS) is 10.6. The van der Waals surface area contributed by atoms with Crippen molar-refractivity contribution in [2.24, 2.45) is 0 Å². The molecular weight excluding hydrogens is 242 g/mol. The lowest BCUT2D eigenvalue weighted by molar-refractivity contribution is 0.103. The van der Waals surface area contributed by atoms with Crippen LogP contribution in [0.4, 0.5) is 8.78 Å². The number of ketones is 1. The summed E-state index contributed by atoms with van der Waals surface area (Å²) in [6.07, 6.45) is 0. The summed E-state index contributed by atoms with van der Waals surface area (Å²) < 4.78 is 25.8. The Balaban J connectivity index is 2.44. The Morgan fingerprint density at radius 3 is 2.35 bits per heavy atom. The van der Waals surface area contributed by atoms with Crippen LogP contribution in [0.15, 0.2) is 24.3 Å². The molecule has 0 fully saturated rings. The third kappa shape index (κ3) is 2.26. The van der Waals surface area contributed by atoms with Gasteiger partial charge in [0.05, 0.1) is 0 Å². The van der Waals surface area contributed by atoms with Crippen molar-refractivity contribution in [3.63, 3.8) is 0 Å². The summed E-state index contributed by atoms with van der Waals surface area (Å²) in [5.74, 6) is -2.22. The lowest BCUT2D eigenvalue weighted by Crippen LogP contribution is -2.02. The zero-order valence-electron chi connectivity index (χ0n) is 9.38. The van der Waals surface area contributed by atoms with Gasteiger partial charge in [-0.15, -0.1) is 11.3 Å². The highest BCUT2D eigenvalue weighted by atomic mass is 32.1. The van der Waals surface area contributed by atoms with Crippen LogP contribution < -0.4 is 0 Å². The summed E-state index contributed by atoms with van der Waals surface area (Å²) >= 11 is 1.51. The van der Waals surface area contributed by atoms with Crippen molar-refractivity contribution in [1.82, 2.24) is 0 Å². The number of rotatable bonds is 2. The van der Waals surface area contributed by atoms with E-state index in [1.54, 1.807) is 6.07 Å². The van der Waals surface area contributed by atoms with Gasteiger partial charge in [-0.1, -0.05) is 0 Å². The Labute approximate surface area is 102 Å². The van der Waals surface area contributed by atoms with Gasteiger partial charge in [-0.2, -0.15) is 0 Å². The van der Waals surface area contributed by atoms with Crippen LogP contribution >= 0.6 is 11.3 Å². The van der Waals surface area contributed by atoms with Gasteiger partial charge in [0.1, 0.15) is 0 Å². The number of hydrogen-bond donors (Lipinski definition) is 0. The lowest BCUT2D eigenvalue weighted by Gasteiger charge is -2.01. The molecule has 0 aliphatic rings. The highest BCUT2D eigenvalue weighted by molar-refractivity contribution is 7.12. The molecule has 0 spiro atoms. The first kappa shape index (κ1) is 11.9. The fourth-order valence-corrected chi connectivity index (χ4v) is 2.57. The van der Waals surface area contributed by atoms with Crippen molar-refractivity contribution in [1.29, 1.82) is 0 Å². The van der Waals surface area contributed by atoms with Gasteiger partial charge in [0.2, 0.25) is 0 Å². The number of thiophene rings is 1. The average Bonchev–Trinajstić information content (AvgIpc) is 2.61. The lowest BCUT2D eigenvalue weighted by atomic mass is 10.0. The number of hydrogen-bond acceptors (Lipinski definition) is 2. The van der Waals surface area contributed by atoms with E-state index in [0.717, 1.165) is 21.9 Å². The molecule has 2 rings (SSSR count). The molecule has 1 aromatic heterocycles. The fourth-order valence-electron chi connectivity index (χ4n) is 1.65. The zero-order chi connectivity index (χ0) is 12.6. The second kappa shape index (κ2) is 4.37. The molecule has 0 aliphatic heterocycles. The molecule has 1 heterocycles. The van der Waals surface area contributed by atoms with Crippen molar-refractivity contribution in [3.05, 3.63) is 56.8 Å². The van der Waals surface area contributed by atoms with E-state index in [1.807, 2.05) is 13.8 Å². The summed E-state index contributed by atoms with van der Waals surface area (Å²) in [5, 5.41) is 0. The fraction of sp³-hybridized carbons (Fsp3) is 0.154. The SMILES string of the molecule is Cc1cc(C(=O)c2ccc(F)c(F)c2)c(C)s1. The highest BCUT2D eigenvalue weighted by Gasteiger charge is 2.15. The second-order valence-electron chi connectivity index (χ2n) is 3.78. The van der Waals surface area contributed by atoms with Crippen LogP contribution in [0.1, 0.15) is 25.7 Å². The summed E-state index contributed by atoms with van der Waals surface area (Å²) in [4.78, 5) is 14.0. The Hall–Kier alpha value is -1.55. The van der Waals surface area contributed by atoms with Crippen molar-refractivity contribution in [2.75, 3.05) is 0 Å². The largest absolute Gasteiger partial charge is 0.289 e. The molecule has 0 aliphatic carbocycles. The highest BCUT2D eigenvalue weighted by Crippen LogP contribution is 2.23. The van der Waals surface area contributed by atoms with Crippen molar-refractivity contribution in [2.45, 2.75) is 13.8 Å². The third-order valence-electron chi connectivity index (χ3n) is 2.47. The van der Waals surface area contributed by atoms with E-state index in [9.17, 15) is 13.6 Å². The van der Waals surface area contributed by atoms with E-state index in [1.165, 1.54) is 17.4 Å². The first-order valence-electron chi connectivity index (χ1n) is 5.06. The summed E-state index contributed by atoms with van der Waals surface area (Å²) in [6, 6.07) is 4.97. The minimum Gasteiger partial charge on any atom is -0.289 e. The Bertz CT molecular complexity index is 587. The van der Waals surface area contributed by atoms with Crippen LogP contribution in [0.25, 0.3) is 0 Å². The molecule has 0 radical (unpaired) electrons. The Morgan fingerprint density at radius 2 is 1.82 bits per heavy atom. The average molecular weight is 252 g/mol. The molecule has 88 valence electrons. The summed E-state index contributed by atoms with van der Waals surface area (Å²) in [6.45, 7) is 3.74. The molecule has 0 saturated heterocycles. The van der Waals surface area contributed by atoms with Gasteiger partial charge in [0.15, 0.2) is 17.4 Å². The van der Waals surface area contributed by atoms with E-state index in [0.29, 0.717) is 5.56 Å². The summed E-state index contributed by atoms with van der Waals surface area (Å²) in [5.41, 5.74) is 0.725. The number of halogens is 2. The van der Waals surface area contributed by atoms with Crippen molar-refractivity contribution >= 4 is 17.1 Å². The van der Waals surface area contributed by atoms with Crippen LogP contribution in [0.2, 0.25) is 0 Å². The minimum atomic E-state index is -1.000. The molecule has 0 unspecified atom stereocenters. The topological polar surface area (TPSA) is 17.1 Å². The molecule has 0 saturated carbocycles. The maximum Gasteiger partial charge on any atom is 0.194 e.